The third kappa shape index (κ3) is 2.82. The summed E-state index contributed by atoms with van der Waals surface area (Å²) in [6.45, 7) is 6.63. The van der Waals surface area contributed by atoms with Crippen LogP contribution >= 0.6 is 0 Å². The van der Waals surface area contributed by atoms with Crippen molar-refractivity contribution in [3.8, 4) is 0 Å². The fraction of sp³-hybridized carbons (Fsp3) is 0.231. The van der Waals surface area contributed by atoms with Crippen molar-refractivity contribution < 1.29 is 14.5 Å². The van der Waals surface area contributed by atoms with Crippen LogP contribution in [0, 0.1) is 10.1 Å². The molecule has 7 nitrogen and oxygen atoms in total. The molecule has 0 spiro atoms. The minimum atomic E-state index is -0.773. The van der Waals surface area contributed by atoms with Gasteiger partial charge in [0.05, 0.1) is 11.5 Å². The first kappa shape index (κ1) is 15.4. The number of nitro groups is 1. The van der Waals surface area contributed by atoms with E-state index in [4.69, 9.17) is 4.74 Å². The quantitative estimate of drug-likeness (QED) is 0.471. The lowest BCUT2D eigenvalue weighted by molar-refractivity contribution is -0.375. The molecule has 0 aromatic carbocycles. The third-order valence-electron chi connectivity index (χ3n) is 2.55. The number of hydrogen-bond donors (Lipinski definition) is 1. The summed E-state index contributed by atoms with van der Waals surface area (Å²) in [7, 11) is 0. The molecular weight excluding hydrogens is 264 g/mol. The third-order valence-corrected chi connectivity index (χ3v) is 2.55. The molecule has 0 unspecified atom stereocenters. The van der Waals surface area contributed by atoms with Crippen molar-refractivity contribution in [3.63, 3.8) is 0 Å². The standard InChI is InChI=1S/C13H14N2O5/c1-4-8-11(10(5-2)15(18)19)14-7-9(12(8)16)13(17)20-6-3/h4-5,7,14H,2,6H2,1,3H3/b8-4+,11-10-. The topological polar surface area (TPSA) is 102 Å². The number of pyridine rings is 1. The van der Waals surface area contributed by atoms with Gasteiger partial charge in [0.15, 0.2) is 0 Å². The van der Waals surface area contributed by atoms with Crippen LogP contribution in [-0.4, -0.2) is 22.5 Å². The van der Waals surface area contributed by atoms with Crippen LogP contribution in [0.25, 0.3) is 11.8 Å². The molecular formula is C13H14N2O5. The summed E-state index contributed by atoms with van der Waals surface area (Å²) in [6, 6.07) is 0. The maximum atomic E-state index is 12.2. The largest absolute Gasteiger partial charge is 0.462 e. The van der Waals surface area contributed by atoms with E-state index in [1.165, 1.54) is 6.08 Å². The molecule has 0 aliphatic carbocycles. The van der Waals surface area contributed by atoms with E-state index in [2.05, 4.69) is 11.6 Å². The molecule has 0 atom stereocenters. The van der Waals surface area contributed by atoms with E-state index in [-0.39, 0.29) is 28.4 Å². The first-order valence-corrected chi connectivity index (χ1v) is 5.84. The first-order valence-electron chi connectivity index (χ1n) is 5.84. The van der Waals surface area contributed by atoms with Crippen molar-refractivity contribution in [2.45, 2.75) is 13.8 Å². The summed E-state index contributed by atoms with van der Waals surface area (Å²) in [5.74, 6) is -0.773. The van der Waals surface area contributed by atoms with E-state index in [1.54, 1.807) is 13.8 Å². The zero-order valence-electron chi connectivity index (χ0n) is 11.1. The van der Waals surface area contributed by atoms with Crippen LogP contribution in [-0.2, 0) is 4.74 Å². The summed E-state index contributed by atoms with van der Waals surface area (Å²) in [4.78, 5) is 36.6. The maximum Gasteiger partial charge on any atom is 0.343 e. The van der Waals surface area contributed by atoms with Crippen molar-refractivity contribution in [3.05, 3.63) is 55.3 Å². The van der Waals surface area contributed by atoms with E-state index in [1.807, 2.05) is 0 Å². The molecule has 1 N–H and O–H groups in total. The van der Waals surface area contributed by atoms with Crippen LogP contribution in [0.5, 0.6) is 0 Å². The van der Waals surface area contributed by atoms with E-state index in [0.29, 0.717) is 0 Å². The number of rotatable bonds is 4. The predicted molar refractivity (Wildman–Crippen MR) is 73.0 cm³/mol. The van der Waals surface area contributed by atoms with Gasteiger partial charge in [-0.15, -0.1) is 0 Å². The molecule has 0 amide bonds. The number of aromatic nitrogens is 1. The number of hydrogen-bond acceptors (Lipinski definition) is 5. The number of nitrogens with one attached hydrogen (secondary N) is 1. The zero-order valence-corrected chi connectivity index (χ0v) is 11.1. The number of H-pyrrole nitrogens is 1. The van der Waals surface area contributed by atoms with E-state index >= 15 is 0 Å². The smallest absolute Gasteiger partial charge is 0.343 e. The van der Waals surface area contributed by atoms with E-state index in [9.17, 15) is 19.7 Å². The fourth-order valence-electron chi connectivity index (χ4n) is 1.66. The Balaban J connectivity index is 3.78. The van der Waals surface area contributed by atoms with Crippen molar-refractivity contribution >= 4 is 17.7 Å². The second-order valence-electron chi connectivity index (χ2n) is 3.68. The first-order chi connectivity index (χ1) is 9.47. The van der Waals surface area contributed by atoms with Crippen LogP contribution in [0.3, 0.4) is 0 Å². The van der Waals surface area contributed by atoms with Crippen LogP contribution < -0.4 is 16.0 Å². The number of ether oxygens (including phenoxy) is 1. The lowest BCUT2D eigenvalue weighted by Gasteiger charge is -2.01. The SMILES string of the molecule is C=C/C(=c1/[nH]cc(C(=O)OCC)c(=O)/c1=C/C)[N+](=O)[O-]. The van der Waals surface area contributed by atoms with Crippen LogP contribution in [0.2, 0.25) is 0 Å². The maximum absolute atomic E-state index is 12.2. The van der Waals surface area contributed by atoms with E-state index < -0.39 is 16.3 Å². The van der Waals surface area contributed by atoms with Crippen molar-refractivity contribution in [1.82, 2.24) is 4.98 Å². The highest BCUT2D eigenvalue weighted by molar-refractivity contribution is 5.88. The fourth-order valence-corrected chi connectivity index (χ4v) is 1.66. The Hall–Kier alpha value is -2.70. The Bertz CT molecular complexity index is 730. The number of carbonyl (C=O) groups is 1. The van der Waals surface area contributed by atoms with Gasteiger partial charge >= 0.3 is 5.97 Å². The molecule has 0 aliphatic heterocycles. The van der Waals surface area contributed by atoms with Gasteiger partial charge in [-0.2, -0.15) is 0 Å². The molecule has 0 saturated carbocycles. The van der Waals surface area contributed by atoms with Gasteiger partial charge in [0.25, 0.3) is 5.70 Å². The molecule has 0 radical (unpaired) electrons. The van der Waals surface area contributed by atoms with Crippen molar-refractivity contribution in [2.75, 3.05) is 6.61 Å². The molecule has 1 aromatic rings. The summed E-state index contributed by atoms with van der Waals surface area (Å²) >= 11 is 0. The average Bonchev–Trinajstić information content (AvgIpc) is 2.39. The molecule has 1 heterocycles. The van der Waals surface area contributed by atoms with Gasteiger partial charge in [-0.25, -0.2) is 4.79 Å². The monoisotopic (exact) mass is 278 g/mol. The Morgan fingerprint density at radius 3 is 2.70 bits per heavy atom. The van der Waals surface area contributed by atoms with Crippen LogP contribution in [0.4, 0.5) is 0 Å². The summed E-state index contributed by atoms with van der Waals surface area (Å²) in [5.41, 5.74) is -1.16. The van der Waals surface area contributed by atoms with Gasteiger partial charge in [0.1, 0.15) is 10.9 Å². The zero-order chi connectivity index (χ0) is 15.3. The second kappa shape index (κ2) is 6.46. The van der Waals surface area contributed by atoms with Crippen LogP contribution in [0.15, 0.2) is 23.6 Å². The minimum absolute atomic E-state index is 0.00514. The molecule has 1 rings (SSSR count). The Morgan fingerprint density at radius 2 is 2.25 bits per heavy atom. The molecule has 0 bridgehead atoms. The van der Waals surface area contributed by atoms with Gasteiger partial charge in [0.2, 0.25) is 5.43 Å². The Labute approximate surface area is 114 Å². The normalized spacial score (nSPS) is 12.8. The predicted octanol–water partition coefficient (Wildman–Crippen LogP) is -0.0771. The molecule has 20 heavy (non-hydrogen) atoms. The van der Waals surface area contributed by atoms with Gasteiger partial charge in [-0.1, -0.05) is 12.7 Å². The molecule has 106 valence electrons. The average molecular weight is 278 g/mol. The van der Waals surface area contributed by atoms with Crippen LogP contribution in [0.1, 0.15) is 24.2 Å². The molecule has 1 aromatic heterocycles. The lowest BCUT2D eigenvalue weighted by atomic mass is 10.2. The van der Waals surface area contributed by atoms with Gasteiger partial charge in [-0.3, -0.25) is 14.9 Å². The van der Waals surface area contributed by atoms with Gasteiger partial charge in [0, 0.05) is 17.5 Å². The number of nitrogens with zero attached hydrogens (tertiary/aromatic N) is 1. The summed E-state index contributed by atoms with van der Waals surface area (Å²) in [5, 5.41) is 10.9. The number of esters is 1. The molecule has 0 saturated heterocycles. The van der Waals surface area contributed by atoms with Crippen molar-refractivity contribution in [2.24, 2.45) is 0 Å². The lowest BCUT2D eigenvalue weighted by Crippen LogP contribution is -2.45. The molecule has 0 aliphatic rings. The second-order valence-corrected chi connectivity index (χ2v) is 3.68. The summed E-state index contributed by atoms with van der Waals surface area (Å²) < 4.78 is 4.75. The molecule has 0 fully saturated rings. The number of carbonyl (C=O) groups excluding carboxylic acids is 1. The van der Waals surface area contributed by atoms with Gasteiger partial charge < -0.3 is 9.72 Å². The minimum Gasteiger partial charge on any atom is -0.462 e. The Kier molecular flexibility index (Phi) is 4.96. The number of aromatic amines is 1. The Morgan fingerprint density at radius 1 is 1.60 bits per heavy atom. The van der Waals surface area contributed by atoms with Crippen molar-refractivity contribution in [1.29, 1.82) is 0 Å². The highest BCUT2D eigenvalue weighted by Gasteiger charge is 2.15. The highest BCUT2D eigenvalue weighted by Crippen LogP contribution is 1.94. The van der Waals surface area contributed by atoms with Gasteiger partial charge in [-0.05, 0) is 13.8 Å². The summed E-state index contributed by atoms with van der Waals surface area (Å²) in [6.07, 6.45) is 3.53. The highest BCUT2D eigenvalue weighted by atomic mass is 16.6. The molecule has 7 heteroatoms. The van der Waals surface area contributed by atoms with E-state index in [0.717, 1.165) is 12.3 Å².